The molecule has 0 radical (unpaired) electrons. The van der Waals surface area contributed by atoms with Crippen molar-refractivity contribution >= 4 is 11.6 Å². The highest BCUT2D eigenvalue weighted by atomic mass is 35.5. The van der Waals surface area contributed by atoms with Crippen LogP contribution in [0.3, 0.4) is 0 Å². The van der Waals surface area contributed by atoms with Crippen molar-refractivity contribution in [2.24, 2.45) is 5.73 Å². The fraction of sp³-hybridized carbons (Fsp3) is 0.154. The molecule has 1 aromatic carbocycles. The van der Waals surface area contributed by atoms with Crippen molar-refractivity contribution in [3.63, 3.8) is 0 Å². The molecule has 0 fully saturated rings. The minimum Gasteiger partial charge on any atom is -0.496 e. The molecule has 3 nitrogen and oxygen atoms in total. The van der Waals surface area contributed by atoms with Gasteiger partial charge in [0.1, 0.15) is 11.6 Å². The average molecular weight is 267 g/mol. The van der Waals surface area contributed by atoms with E-state index < -0.39 is 11.9 Å². The Hall–Kier alpha value is -1.65. The zero-order chi connectivity index (χ0) is 13.1. The molecular formula is C13H12ClFN2O. The highest BCUT2D eigenvalue weighted by molar-refractivity contribution is 6.30. The van der Waals surface area contributed by atoms with Crippen LogP contribution in [-0.4, -0.2) is 12.1 Å². The molecule has 1 aromatic heterocycles. The van der Waals surface area contributed by atoms with Gasteiger partial charge in [0, 0.05) is 16.8 Å². The van der Waals surface area contributed by atoms with Crippen molar-refractivity contribution in [1.82, 2.24) is 4.98 Å². The first-order chi connectivity index (χ1) is 8.63. The highest BCUT2D eigenvalue weighted by Gasteiger charge is 2.18. The monoisotopic (exact) mass is 266 g/mol. The normalized spacial score (nSPS) is 12.2. The first-order valence-corrected chi connectivity index (χ1v) is 5.70. The molecule has 0 saturated heterocycles. The summed E-state index contributed by atoms with van der Waals surface area (Å²) in [4.78, 5) is 3.96. The number of halogens is 2. The van der Waals surface area contributed by atoms with Gasteiger partial charge in [-0.2, -0.15) is 0 Å². The lowest BCUT2D eigenvalue weighted by atomic mass is 10.0. The average Bonchev–Trinajstić information content (AvgIpc) is 2.38. The smallest absolute Gasteiger partial charge is 0.146 e. The maximum absolute atomic E-state index is 13.6. The summed E-state index contributed by atoms with van der Waals surface area (Å²) >= 11 is 5.92. The fourth-order valence-corrected chi connectivity index (χ4v) is 1.90. The van der Waals surface area contributed by atoms with E-state index in [1.165, 1.54) is 25.4 Å². The zero-order valence-electron chi connectivity index (χ0n) is 9.73. The van der Waals surface area contributed by atoms with Gasteiger partial charge in [0.15, 0.2) is 0 Å². The number of hydrogen-bond acceptors (Lipinski definition) is 3. The molecule has 0 aliphatic carbocycles. The summed E-state index contributed by atoms with van der Waals surface area (Å²) in [5.41, 5.74) is 6.79. The molecule has 0 aliphatic rings. The molecule has 0 amide bonds. The molecule has 18 heavy (non-hydrogen) atoms. The van der Waals surface area contributed by atoms with Crippen molar-refractivity contribution in [2.75, 3.05) is 7.11 Å². The van der Waals surface area contributed by atoms with E-state index in [4.69, 9.17) is 22.1 Å². The molecule has 2 aromatic rings. The fourth-order valence-electron chi connectivity index (χ4n) is 1.72. The molecule has 0 aliphatic heterocycles. The van der Waals surface area contributed by atoms with Gasteiger partial charge >= 0.3 is 0 Å². The second-order valence-electron chi connectivity index (χ2n) is 3.73. The lowest BCUT2D eigenvalue weighted by Gasteiger charge is -2.16. The van der Waals surface area contributed by atoms with Crippen LogP contribution in [-0.2, 0) is 0 Å². The Balaban J connectivity index is 2.48. The van der Waals surface area contributed by atoms with E-state index in [9.17, 15) is 4.39 Å². The Kier molecular flexibility index (Phi) is 3.79. The van der Waals surface area contributed by atoms with Gasteiger partial charge in [-0.3, -0.25) is 4.98 Å². The Bertz CT molecular complexity index is 562. The first kappa shape index (κ1) is 12.8. The Morgan fingerprint density at radius 1 is 1.39 bits per heavy atom. The zero-order valence-corrected chi connectivity index (χ0v) is 10.5. The quantitative estimate of drug-likeness (QED) is 0.929. The summed E-state index contributed by atoms with van der Waals surface area (Å²) in [5.74, 6) is 0.101. The maximum atomic E-state index is 13.6. The number of rotatable bonds is 3. The minimum absolute atomic E-state index is 0.165. The Labute approximate surface area is 109 Å². The van der Waals surface area contributed by atoms with Gasteiger partial charge in [0.25, 0.3) is 0 Å². The van der Waals surface area contributed by atoms with Gasteiger partial charge in [-0.25, -0.2) is 4.39 Å². The predicted octanol–water partition coefficient (Wildman–Crippen LogP) is 2.93. The largest absolute Gasteiger partial charge is 0.496 e. The molecule has 1 unspecified atom stereocenters. The topological polar surface area (TPSA) is 48.1 Å². The van der Waals surface area contributed by atoms with E-state index in [0.717, 1.165) is 0 Å². The third kappa shape index (κ3) is 2.44. The molecule has 0 spiro atoms. The predicted molar refractivity (Wildman–Crippen MR) is 68.2 cm³/mol. The van der Waals surface area contributed by atoms with Gasteiger partial charge in [-0.15, -0.1) is 0 Å². The summed E-state index contributed by atoms with van der Waals surface area (Å²) in [6, 6.07) is 7.14. The highest BCUT2D eigenvalue weighted by Crippen LogP contribution is 2.30. The van der Waals surface area contributed by atoms with Crippen molar-refractivity contribution in [1.29, 1.82) is 0 Å². The number of nitrogens with zero attached hydrogens (tertiary/aromatic N) is 1. The van der Waals surface area contributed by atoms with Crippen LogP contribution in [0.5, 0.6) is 5.75 Å². The molecule has 2 N–H and O–H groups in total. The number of pyridine rings is 1. The number of hydrogen-bond donors (Lipinski definition) is 1. The van der Waals surface area contributed by atoms with Gasteiger partial charge in [-0.05, 0) is 30.3 Å². The van der Waals surface area contributed by atoms with Gasteiger partial charge < -0.3 is 10.5 Å². The first-order valence-electron chi connectivity index (χ1n) is 5.33. The summed E-state index contributed by atoms with van der Waals surface area (Å²) in [6.07, 6.45) is 1.50. The van der Waals surface area contributed by atoms with Crippen LogP contribution in [0.15, 0.2) is 36.5 Å². The van der Waals surface area contributed by atoms with Gasteiger partial charge in [0.2, 0.25) is 0 Å². The summed E-state index contributed by atoms with van der Waals surface area (Å²) < 4.78 is 18.8. The van der Waals surface area contributed by atoms with Crippen LogP contribution < -0.4 is 10.5 Å². The standard InChI is InChI=1S/C13H12ClFN2O/c1-18-11-5-4-8(14)7-9(11)12(16)13-10(15)3-2-6-17-13/h2-7,12H,16H2,1H3. The molecule has 0 saturated carbocycles. The molecule has 1 atom stereocenters. The van der Waals surface area contributed by atoms with E-state index in [2.05, 4.69) is 4.98 Å². The minimum atomic E-state index is -0.722. The van der Waals surface area contributed by atoms with Gasteiger partial charge in [0.05, 0.1) is 18.8 Å². The van der Waals surface area contributed by atoms with E-state index >= 15 is 0 Å². The summed E-state index contributed by atoms with van der Waals surface area (Å²) in [5, 5.41) is 0.512. The number of benzene rings is 1. The van der Waals surface area contributed by atoms with Crippen molar-refractivity contribution < 1.29 is 9.13 Å². The number of ether oxygens (including phenoxy) is 1. The molecule has 0 bridgehead atoms. The number of methoxy groups -OCH3 is 1. The third-order valence-corrected chi connectivity index (χ3v) is 2.84. The van der Waals surface area contributed by atoms with Crippen LogP contribution >= 0.6 is 11.6 Å². The van der Waals surface area contributed by atoms with Crippen molar-refractivity contribution in [2.45, 2.75) is 6.04 Å². The van der Waals surface area contributed by atoms with Crippen LogP contribution in [0.25, 0.3) is 0 Å². The Morgan fingerprint density at radius 2 is 2.17 bits per heavy atom. The van der Waals surface area contributed by atoms with E-state index in [0.29, 0.717) is 16.3 Å². The van der Waals surface area contributed by atoms with Crippen LogP contribution in [0.4, 0.5) is 4.39 Å². The van der Waals surface area contributed by atoms with Crippen LogP contribution in [0.2, 0.25) is 5.02 Å². The summed E-state index contributed by atoms with van der Waals surface area (Å²) in [6.45, 7) is 0. The van der Waals surface area contributed by atoms with Gasteiger partial charge in [-0.1, -0.05) is 11.6 Å². The van der Waals surface area contributed by atoms with Crippen LogP contribution in [0.1, 0.15) is 17.3 Å². The lowest BCUT2D eigenvalue weighted by molar-refractivity contribution is 0.407. The van der Waals surface area contributed by atoms with E-state index in [-0.39, 0.29) is 5.69 Å². The molecule has 2 rings (SSSR count). The lowest BCUT2D eigenvalue weighted by Crippen LogP contribution is -2.16. The molecule has 94 valence electrons. The second-order valence-corrected chi connectivity index (χ2v) is 4.17. The number of nitrogens with two attached hydrogens (primary N) is 1. The molecular weight excluding hydrogens is 255 g/mol. The third-order valence-electron chi connectivity index (χ3n) is 2.61. The van der Waals surface area contributed by atoms with Crippen molar-refractivity contribution in [3.8, 4) is 5.75 Å². The van der Waals surface area contributed by atoms with Crippen LogP contribution in [0, 0.1) is 5.82 Å². The second kappa shape index (κ2) is 5.33. The molecule has 5 heteroatoms. The SMILES string of the molecule is COc1ccc(Cl)cc1C(N)c1ncccc1F. The maximum Gasteiger partial charge on any atom is 0.146 e. The number of aromatic nitrogens is 1. The van der Waals surface area contributed by atoms with Crippen molar-refractivity contribution in [3.05, 3.63) is 58.6 Å². The summed E-state index contributed by atoms with van der Waals surface area (Å²) in [7, 11) is 1.52. The Morgan fingerprint density at radius 3 is 2.83 bits per heavy atom. The van der Waals surface area contributed by atoms with E-state index in [1.807, 2.05) is 0 Å². The van der Waals surface area contributed by atoms with E-state index in [1.54, 1.807) is 18.2 Å². The molecule has 1 heterocycles.